The lowest BCUT2D eigenvalue weighted by atomic mass is 9.92. The second-order valence-corrected chi connectivity index (χ2v) is 5.26. The average Bonchev–Trinajstić information content (AvgIpc) is 2.27. The molecule has 1 aromatic rings. The van der Waals surface area contributed by atoms with Gasteiger partial charge in [-0.3, -0.25) is 0 Å². The number of ether oxygens (including phenoxy) is 1. The van der Waals surface area contributed by atoms with Crippen LogP contribution in [-0.4, -0.2) is 13.7 Å². The van der Waals surface area contributed by atoms with Crippen LogP contribution in [0.4, 0.5) is 5.69 Å². The van der Waals surface area contributed by atoms with E-state index in [1.54, 1.807) is 19.2 Å². The Morgan fingerprint density at radius 2 is 2.06 bits per heavy atom. The molecule has 0 unspecified atom stereocenters. The summed E-state index contributed by atoms with van der Waals surface area (Å²) in [4.78, 5) is 0. The predicted octanol–water partition coefficient (Wildman–Crippen LogP) is 3.41. The van der Waals surface area contributed by atoms with Gasteiger partial charge in [-0.1, -0.05) is 20.8 Å². The molecule has 3 heteroatoms. The summed E-state index contributed by atoms with van der Waals surface area (Å²) in [6.45, 7) is 7.45. The van der Waals surface area contributed by atoms with Crippen LogP contribution in [0.2, 0.25) is 0 Å². The van der Waals surface area contributed by atoms with Crippen LogP contribution in [0.3, 0.4) is 0 Å². The first-order valence-corrected chi connectivity index (χ1v) is 5.78. The fraction of sp³-hybridized carbons (Fsp3) is 0.500. The van der Waals surface area contributed by atoms with Gasteiger partial charge < -0.3 is 10.1 Å². The standard InChI is InChI=1S/C14H20N2O/c1-14(2,3)7-8-16-13-9-12(17-4)6-5-11(13)10-15/h5-6,9,16H,7-8H2,1-4H3. The molecule has 1 rings (SSSR count). The quantitative estimate of drug-likeness (QED) is 0.865. The summed E-state index contributed by atoms with van der Waals surface area (Å²) in [5, 5.41) is 12.3. The molecular formula is C14H20N2O. The highest BCUT2D eigenvalue weighted by molar-refractivity contribution is 5.60. The van der Waals surface area contributed by atoms with Crippen molar-refractivity contribution in [3.63, 3.8) is 0 Å². The zero-order valence-corrected chi connectivity index (χ0v) is 11.0. The first-order valence-electron chi connectivity index (χ1n) is 5.78. The van der Waals surface area contributed by atoms with Crippen molar-refractivity contribution in [3.05, 3.63) is 23.8 Å². The minimum atomic E-state index is 0.290. The molecule has 0 aliphatic rings. The van der Waals surface area contributed by atoms with E-state index in [4.69, 9.17) is 10.00 Å². The fourth-order valence-corrected chi connectivity index (χ4v) is 1.47. The Morgan fingerprint density at radius 3 is 2.59 bits per heavy atom. The van der Waals surface area contributed by atoms with E-state index in [1.165, 1.54) is 0 Å². The number of methoxy groups -OCH3 is 1. The van der Waals surface area contributed by atoms with Crippen molar-refractivity contribution in [1.82, 2.24) is 0 Å². The molecule has 1 N–H and O–H groups in total. The Balaban J connectivity index is 2.72. The monoisotopic (exact) mass is 232 g/mol. The van der Waals surface area contributed by atoms with Crippen LogP contribution in [0, 0.1) is 16.7 Å². The Labute approximate surface area is 103 Å². The van der Waals surface area contributed by atoms with Crippen molar-refractivity contribution < 1.29 is 4.74 Å². The van der Waals surface area contributed by atoms with E-state index in [9.17, 15) is 0 Å². The first kappa shape index (κ1) is 13.4. The van der Waals surface area contributed by atoms with Gasteiger partial charge in [-0.25, -0.2) is 0 Å². The van der Waals surface area contributed by atoms with Gasteiger partial charge in [-0.15, -0.1) is 0 Å². The molecule has 0 saturated carbocycles. The molecule has 0 aliphatic carbocycles. The normalized spacial score (nSPS) is 10.8. The van der Waals surface area contributed by atoms with E-state index in [2.05, 4.69) is 32.2 Å². The molecular weight excluding hydrogens is 212 g/mol. The third-order valence-electron chi connectivity index (χ3n) is 2.54. The first-order chi connectivity index (χ1) is 7.96. The highest BCUT2D eigenvalue weighted by atomic mass is 16.5. The summed E-state index contributed by atoms with van der Waals surface area (Å²) in [5.41, 5.74) is 1.79. The third-order valence-corrected chi connectivity index (χ3v) is 2.54. The molecule has 17 heavy (non-hydrogen) atoms. The largest absolute Gasteiger partial charge is 0.497 e. The molecule has 0 bridgehead atoms. The van der Waals surface area contributed by atoms with E-state index >= 15 is 0 Å². The van der Waals surface area contributed by atoms with Gasteiger partial charge in [0.2, 0.25) is 0 Å². The van der Waals surface area contributed by atoms with Crippen LogP contribution < -0.4 is 10.1 Å². The zero-order chi connectivity index (χ0) is 12.9. The van der Waals surface area contributed by atoms with Crippen LogP contribution in [0.25, 0.3) is 0 Å². The Hall–Kier alpha value is -1.69. The summed E-state index contributed by atoms with van der Waals surface area (Å²) in [7, 11) is 1.63. The van der Waals surface area contributed by atoms with Crippen LogP contribution in [0.15, 0.2) is 18.2 Å². The van der Waals surface area contributed by atoms with Gasteiger partial charge in [-0.2, -0.15) is 5.26 Å². The van der Waals surface area contributed by atoms with Crippen LogP contribution in [0.1, 0.15) is 32.8 Å². The highest BCUT2D eigenvalue weighted by Crippen LogP contribution is 2.23. The minimum absolute atomic E-state index is 0.290. The van der Waals surface area contributed by atoms with Gasteiger partial charge >= 0.3 is 0 Å². The third kappa shape index (κ3) is 4.36. The molecule has 0 amide bonds. The maximum atomic E-state index is 9.01. The van der Waals surface area contributed by atoms with Gasteiger partial charge in [0.1, 0.15) is 11.8 Å². The number of benzene rings is 1. The van der Waals surface area contributed by atoms with Gasteiger partial charge in [0.25, 0.3) is 0 Å². The number of anilines is 1. The summed E-state index contributed by atoms with van der Waals surface area (Å²) in [6, 6.07) is 7.61. The van der Waals surface area contributed by atoms with Gasteiger partial charge in [0.05, 0.1) is 18.4 Å². The molecule has 0 aromatic heterocycles. The molecule has 0 spiro atoms. The lowest BCUT2D eigenvalue weighted by Gasteiger charge is -2.19. The summed E-state index contributed by atoms with van der Waals surface area (Å²) in [6.07, 6.45) is 1.05. The predicted molar refractivity (Wildman–Crippen MR) is 70.3 cm³/mol. The molecule has 1 aromatic carbocycles. The Morgan fingerprint density at radius 1 is 1.35 bits per heavy atom. The van der Waals surface area contributed by atoms with Gasteiger partial charge in [0.15, 0.2) is 0 Å². The Bertz CT molecular complexity index is 413. The van der Waals surface area contributed by atoms with Crippen LogP contribution in [-0.2, 0) is 0 Å². The maximum Gasteiger partial charge on any atom is 0.121 e. The number of nitriles is 1. The fourth-order valence-electron chi connectivity index (χ4n) is 1.47. The number of nitrogens with one attached hydrogen (secondary N) is 1. The minimum Gasteiger partial charge on any atom is -0.497 e. The zero-order valence-electron chi connectivity index (χ0n) is 11.0. The van der Waals surface area contributed by atoms with E-state index in [0.29, 0.717) is 11.0 Å². The van der Waals surface area contributed by atoms with Crippen molar-refractivity contribution in [2.45, 2.75) is 27.2 Å². The van der Waals surface area contributed by atoms with E-state index < -0.39 is 0 Å². The van der Waals surface area contributed by atoms with Crippen molar-refractivity contribution >= 4 is 5.69 Å². The van der Waals surface area contributed by atoms with Crippen molar-refractivity contribution in [1.29, 1.82) is 5.26 Å². The van der Waals surface area contributed by atoms with E-state index in [0.717, 1.165) is 24.4 Å². The molecule has 3 nitrogen and oxygen atoms in total. The van der Waals surface area contributed by atoms with Crippen molar-refractivity contribution in [3.8, 4) is 11.8 Å². The maximum absolute atomic E-state index is 9.01. The molecule has 92 valence electrons. The lowest BCUT2D eigenvalue weighted by Crippen LogP contribution is -2.13. The van der Waals surface area contributed by atoms with Crippen LogP contribution >= 0.6 is 0 Å². The Kier molecular flexibility index (Phi) is 4.39. The van der Waals surface area contributed by atoms with Gasteiger partial charge in [-0.05, 0) is 24.0 Å². The second kappa shape index (κ2) is 5.58. The van der Waals surface area contributed by atoms with E-state index in [1.807, 2.05) is 6.07 Å². The molecule has 0 aliphatic heterocycles. The van der Waals surface area contributed by atoms with E-state index in [-0.39, 0.29) is 0 Å². The topological polar surface area (TPSA) is 45.0 Å². The molecule has 0 saturated heterocycles. The number of nitrogens with zero attached hydrogens (tertiary/aromatic N) is 1. The number of rotatable bonds is 4. The molecule has 0 heterocycles. The highest BCUT2D eigenvalue weighted by Gasteiger charge is 2.10. The number of hydrogen-bond donors (Lipinski definition) is 1. The van der Waals surface area contributed by atoms with Crippen LogP contribution in [0.5, 0.6) is 5.75 Å². The number of hydrogen-bond acceptors (Lipinski definition) is 3. The van der Waals surface area contributed by atoms with Gasteiger partial charge in [0, 0.05) is 12.6 Å². The summed E-state index contributed by atoms with van der Waals surface area (Å²) >= 11 is 0. The lowest BCUT2D eigenvalue weighted by molar-refractivity contribution is 0.389. The van der Waals surface area contributed by atoms with Crippen molar-refractivity contribution in [2.24, 2.45) is 5.41 Å². The molecule has 0 fully saturated rings. The summed E-state index contributed by atoms with van der Waals surface area (Å²) in [5.74, 6) is 0.766. The average molecular weight is 232 g/mol. The molecule has 0 radical (unpaired) electrons. The van der Waals surface area contributed by atoms with Crippen molar-refractivity contribution in [2.75, 3.05) is 19.0 Å². The smallest absolute Gasteiger partial charge is 0.121 e. The molecule has 0 atom stereocenters. The second-order valence-electron chi connectivity index (χ2n) is 5.26. The summed E-state index contributed by atoms with van der Waals surface area (Å²) < 4.78 is 5.15. The SMILES string of the molecule is COc1ccc(C#N)c(NCCC(C)(C)C)c1.